The average Bonchev–Trinajstić information content (AvgIpc) is 3.20. The molecule has 28 heavy (non-hydrogen) atoms. The summed E-state index contributed by atoms with van der Waals surface area (Å²) in [7, 11) is -2.47. The average molecular weight is 407 g/mol. The van der Waals surface area contributed by atoms with Crippen LogP contribution in [0.4, 0.5) is 4.39 Å². The minimum atomic E-state index is -3.74. The molecule has 9 heteroatoms. The number of carbonyl (C=O) groups is 1. The van der Waals surface area contributed by atoms with Gasteiger partial charge in [-0.25, -0.2) is 12.8 Å². The lowest BCUT2D eigenvalue weighted by molar-refractivity contribution is -0.142. The highest BCUT2D eigenvalue weighted by atomic mass is 32.2. The maximum absolute atomic E-state index is 13.3. The number of methoxy groups -OCH3 is 1. The molecule has 2 heterocycles. The van der Waals surface area contributed by atoms with Crippen LogP contribution in [0.25, 0.3) is 0 Å². The van der Waals surface area contributed by atoms with Crippen LogP contribution in [0.2, 0.25) is 0 Å². The number of carbonyl (C=O) groups excluding carboxylic acids is 1. The van der Waals surface area contributed by atoms with Crippen molar-refractivity contribution < 1.29 is 22.3 Å². The van der Waals surface area contributed by atoms with Gasteiger partial charge in [-0.1, -0.05) is 18.2 Å². The molecule has 0 radical (unpaired) electrons. The molecule has 1 aromatic carbocycles. The normalized spacial score (nSPS) is 19.7. The fourth-order valence-corrected chi connectivity index (χ4v) is 5.01. The highest BCUT2D eigenvalue weighted by Crippen LogP contribution is 2.23. The Balaban J connectivity index is 1.84. The first-order valence-corrected chi connectivity index (χ1v) is 10.3. The molecule has 0 spiro atoms. The van der Waals surface area contributed by atoms with Gasteiger partial charge in [0.15, 0.2) is 0 Å². The van der Waals surface area contributed by atoms with Crippen LogP contribution in [-0.4, -0.2) is 48.6 Å². The highest BCUT2D eigenvalue weighted by molar-refractivity contribution is 7.89. The molecule has 150 valence electrons. The van der Waals surface area contributed by atoms with Gasteiger partial charge in [-0.15, -0.1) is 0 Å². The molecule has 7 nitrogen and oxygen atoms in total. The van der Waals surface area contributed by atoms with Gasteiger partial charge in [-0.3, -0.25) is 9.78 Å². The van der Waals surface area contributed by atoms with Crippen LogP contribution < -0.4 is 5.32 Å². The van der Waals surface area contributed by atoms with Gasteiger partial charge in [-0.2, -0.15) is 4.31 Å². The van der Waals surface area contributed by atoms with Gasteiger partial charge in [0.2, 0.25) is 10.0 Å². The van der Waals surface area contributed by atoms with Gasteiger partial charge in [0.25, 0.3) is 0 Å². The third kappa shape index (κ3) is 4.73. The third-order valence-corrected chi connectivity index (χ3v) is 6.89. The summed E-state index contributed by atoms with van der Waals surface area (Å²) in [4.78, 5) is 15.8. The Morgan fingerprint density at radius 2 is 1.96 bits per heavy atom. The molecule has 2 aromatic rings. The van der Waals surface area contributed by atoms with Crippen molar-refractivity contribution in [3.8, 4) is 0 Å². The molecule has 1 aromatic heterocycles. The zero-order valence-corrected chi connectivity index (χ0v) is 16.2. The number of hydrogen-bond donors (Lipinski definition) is 1. The fourth-order valence-electron chi connectivity index (χ4n) is 3.19. The molecule has 1 fully saturated rings. The summed E-state index contributed by atoms with van der Waals surface area (Å²) in [6.45, 7) is 0.388. The molecule has 2 unspecified atom stereocenters. The first-order valence-electron chi connectivity index (χ1n) is 8.83. The zero-order chi connectivity index (χ0) is 20.1. The highest BCUT2D eigenvalue weighted by Gasteiger charge is 2.40. The van der Waals surface area contributed by atoms with E-state index in [1.54, 1.807) is 36.7 Å². The predicted molar refractivity (Wildman–Crippen MR) is 101 cm³/mol. The first kappa shape index (κ1) is 20.4. The van der Waals surface area contributed by atoms with Crippen molar-refractivity contribution in [2.75, 3.05) is 13.7 Å². The standard InChI is InChI=1S/C19H22FN3O4S/c1-27-19(24)18-9-17(11-22-18)28(25,26)23(13-15-3-2-8-21-10-15)12-14-4-6-16(20)7-5-14/h2-8,10,17-18,22H,9,11-13H2,1H3. The van der Waals surface area contributed by atoms with Crippen LogP contribution in [0.3, 0.4) is 0 Å². The van der Waals surface area contributed by atoms with Gasteiger partial charge >= 0.3 is 5.97 Å². The van der Waals surface area contributed by atoms with Crippen LogP contribution in [-0.2, 0) is 32.6 Å². The lowest BCUT2D eigenvalue weighted by Gasteiger charge is -2.25. The number of pyridine rings is 1. The Bertz CT molecular complexity index is 907. The Morgan fingerprint density at radius 1 is 1.25 bits per heavy atom. The summed E-state index contributed by atoms with van der Waals surface area (Å²) in [6.07, 6.45) is 3.36. The molecule has 0 bridgehead atoms. The molecule has 2 atom stereocenters. The van der Waals surface area contributed by atoms with E-state index in [2.05, 4.69) is 10.3 Å². The van der Waals surface area contributed by atoms with Crippen molar-refractivity contribution in [2.45, 2.75) is 30.8 Å². The molecular weight excluding hydrogens is 385 g/mol. The summed E-state index contributed by atoms with van der Waals surface area (Å²) in [6, 6.07) is 8.61. The second-order valence-corrected chi connectivity index (χ2v) is 8.86. The summed E-state index contributed by atoms with van der Waals surface area (Å²) in [5, 5.41) is 2.16. The van der Waals surface area contributed by atoms with Crippen LogP contribution in [0, 0.1) is 5.82 Å². The monoisotopic (exact) mass is 407 g/mol. The van der Waals surface area contributed by atoms with E-state index in [1.807, 2.05) is 0 Å². The van der Waals surface area contributed by atoms with Gasteiger partial charge in [0, 0.05) is 32.0 Å². The second kappa shape index (κ2) is 8.76. The fraction of sp³-hybridized carbons (Fsp3) is 0.368. The Morgan fingerprint density at radius 3 is 2.61 bits per heavy atom. The lowest BCUT2D eigenvalue weighted by atomic mass is 10.2. The van der Waals surface area contributed by atoms with Gasteiger partial charge in [0.1, 0.15) is 11.9 Å². The Hall–Kier alpha value is -2.36. The summed E-state index contributed by atoms with van der Waals surface area (Å²) in [5.41, 5.74) is 1.41. The number of rotatable bonds is 7. The van der Waals surface area contributed by atoms with Gasteiger partial charge in [0.05, 0.1) is 12.4 Å². The first-order chi connectivity index (χ1) is 13.4. The molecule has 1 aliphatic heterocycles. The minimum absolute atomic E-state index is 0.0941. The summed E-state index contributed by atoms with van der Waals surface area (Å²) >= 11 is 0. The SMILES string of the molecule is COC(=O)C1CC(S(=O)(=O)N(Cc2ccc(F)cc2)Cc2cccnc2)CN1. The Labute approximate surface area is 163 Å². The largest absolute Gasteiger partial charge is 0.468 e. The van der Waals surface area contributed by atoms with Crippen LogP contribution >= 0.6 is 0 Å². The molecule has 3 rings (SSSR count). The van der Waals surface area contributed by atoms with Crippen molar-refractivity contribution in [1.29, 1.82) is 0 Å². The number of benzene rings is 1. The van der Waals surface area contributed by atoms with Crippen LogP contribution in [0.1, 0.15) is 17.5 Å². The van der Waals surface area contributed by atoms with Crippen LogP contribution in [0.15, 0.2) is 48.8 Å². The van der Waals surface area contributed by atoms with E-state index in [1.165, 1.54) is 23.5 Å². The van der Waals surface area contributed by atoms with E-state index >= 15 is 0 Å². The smallest absolute Gasteiger partial charge is 0.322 e. The molecule has 1 saturated heterocycles. The second-order valence-electron chi connectivity index (χ2n) is 6.64. The number of nitrogens with one attached hydrogen (secondary N) is 1. The van der Waals surface area contributed by atoms with Crippen molar-refractivity contribution in [3.63, 3.8) is 0 Å². The van der Waals surface area contributed by atoms with E-state index in [0.29, 0.717) is 5.56 Å². The molecule has 1 N–H and O–H groups in total. The molecular formula is C19H22FN3O4S. The lowest BCUT2D eigenvalue weighted by Crippen LogP contribution is -2.39. The van der Waals surface area contributed by atoms with Crippen molar-refractivity contribution >= 4 is 16.0 Å². The van der Waals surface area contributed by atoms with Crippen LogP contribution in [0.5, 0.6) is 0 Å². The number of sulfonamides is 1. The van der Waals surface area contributed by atoms with E-state index in [-0.39, 0.29) is 31.9 Å². The van der Waals surface area contributed by atoms with Crippen molar-refractivity contribution in [3.05, 3.63) is 65.7 Å². The third-order valence-electron chi connectivity index (χ3n) is 4.71. The topological polar surface area (TPSA) is 88.6 Å². The molecule has 0 amide bonds. The number of nitrogens with zero attached hydrogens (tertiary/aromatic N) is 2. The number of aromatic nitrogens is 1. The summed E-state index contributed by atoms with van der Waals surface area (Å²) in [5.74, 6) is -0.860. The van der Waals surface area contributed by atoms with Gasteiger partial charge < -0.3 is 10.1 Å². The number of halogens is 1. The van der Waals surface area contributed by atoms with Gasteiger partial charge in [-0.05, 0) is 35.7 Å². The van der Waals surface area contributed by atoms with E-state index in [9.17, 15) is 17.6 Å². The molecule has 0 aliphatic carbocycles. The zero-order valence-electron chi connectivity index (χ0n) is 15.4. The number of ether oxygens (including phenoxy) is 1. The number of esters is 1. The number of hydrogen-bond acceptors (Lipinski definition) is 6. The molecule has 0 saturated carbocycles. The maximum atomic E-state index is 13.3. The van der Waals surface area contributed by atoms with E-state index in [4.69, 9.17) is 4.74 Å². The predicted octanol–water partition coefficient (Wildman–Crippen LogP) is 1.46. The molecule has 1 aliphatic rings. The van der Waals surface area contributed by atoms with E-state index in [0.717, 1.165) is 5.56 Å². The summed E-state index contributed by atoms with van der Waals surface area (Å²) < 4.78 is 45.9. The van der Waals surface area contributed by atoms with Crippen molar-refractivity contribution in [2.24, 2.45) is 0 Å². The van der Waals surface area contributed by atoms with Crippen molar-refractivity contribution in [1.82, 2.24) is 14.6 Å². The quantitative estimate of drug-likeness (QED) is 0.699. The Kier molecular flexibility index (Phi) is 6.38. The minimum Gasteiger partial charge on any atom is -0.468 e. The maximum Gasteiger partial charge on any atom is 0.322 e. The van der Waals surface area contributed by atoms with E-state index < -0.39 is 27.3 Å².